The van der Waals surface area contributed by atoms with Crippen LogP contribution in [0, 0.1) is 30.1 Å². The van der Waals surface area contributed by atoms with E-state index in [0.717, 1.165) is 72.1 Å². The number of nitrogens with one attached hydrogen (secondary N) is 2. The number of hydrogen-bond donors (Lipinski definition) is 2. The highest BCUT2D eigenvalue weighted by atomic mass is 16.5. The van der Waals surface area contributed by atoms with Gasteiger partial charge in [-0.25, -0.2) is 15.0 Å². The van der Waals surface area contributed by atoms with Gasteiger partial charge in [-0.1, -0.05) is 44.2 Å². The first-order valence-corrected chi connectivity index (χ1v) is 13.9. The van der Waals surface area contributed by atoms with E-state index in [2.05, 4.69) is 77.8 Å². The molecular formula is C32H36N6O. The maximum absolute atomic E-state index is 9.56. The summed E-state index contributed by atoms with van der Waals surface area (Å²) in [7, 11) is 0. The Labute approximate surface area is 230 Å². The van der Waals surface area contributed by atoms with Crippen molar-refractivity contribution >= 4 is 16.7 Å². The van der Waals surface area contributed by atoms with Gasteiger partial charge in [-0.05, 0) is 79.8 Å². The van der Waals surface area contributed by atoms with Gasteiger partial charge in [-0.15, -0.1) is 0 Å². The molecule has 2 aromatic heterocycles. The maximum atomic E-state index is 9.56. The Kier molecular flexibility index (Phi) is 8.33. The van der Waals surface area contributed by atoms with Gasteiger partial charge >= 0.3 is 0 Å². The van der Waals surface area contributed by atoms with Crippen LogP contribution in [0.5, 0.6) is 11.6 Å². The average molecular weight is 521 g/mol. The molecule has 1 unspecified atom stereocenters. The van der Waals surface area contributed by atoms with Crippen LogP contribution in [0.1, 0.15) is 44.2 Å². The Morgan fingerprint density at radius 1 is 1.08 bits per heavy atom. The molecule has 200 valence electrons. The van der Waals surface area contributed by atoms with E-state index in [4.69, 9.17) is 9.72 Å². The highest BCUT2D eigenvalue weighted by Crippen LogP contribution is 2.38. The van der Waals surface area contributed by atoms with E-state index >= 15 is 0 Å². The second-order valence-corrected chi connectivity index (χ2v) is 10.7. The van der Waals surface area contributed by atoms with Crippen LogP contribution in [-0.2, 0) is 6.42 Å². The highest BCUT2D eigenvalue weighted by Gasteiger charge is 2.18. The molecule has 0 amide bonds. The van der Waals surface area contributed by atoms with Crippen molar-refractivity contribution in [1.82, 2.24) is 20.3 Å². The molecule has 0 aliphatic carbocycles. The van der Waals surface area contributed by atoms with E-state index in [0.29, 0.717) is 23.8 Å². The Balaban J connectivity index is 1.45. The largest absolute Gasteiger partial charge is 0.437 e. The second kappa shape index (κ2) is 12.2. The summed E-state index contributed by atoms with van der Waals surface area (Å²) in [5, 5.41) is 18.6. The first kappa shape index (κ1) is 26.6. The van der Waals surface area contributed by atoms with Crippen molar-refractivity contribution < 1.29 is 4.74 Å². The molecular weight excluding hydrogens is 484 g/mol. The molecule has 3 heterocycles. The second-order valence-electron chi connectivity index (χ2n) is 10.7. The van der Waals surface area contributed by atoms with Crippen LogP contribution < -0.4 is 15.4 Å². The molecule has 7 heteroatoms. The van der Waals surface area contributed by atoms with E-state index in [1.807, 2.05) is 18.2 Å². The fourth-order valence-electron chi connectivity index (χ4n) is 5.22. The molecule has 1 aliphatic heterocycles. The quantitative estimate of drug-likeness (QED) is 0.254. The number of nitrogens with zero attached hydrogens (tertiary/aromatic N) is 4. The number of ether oxygens (including phenoxy) is 1. The van der Waals surface area contributed by atoms with E-state index in [1.54, 1.807) is 12.4 Å². The molecule has 0 bridgehead atoms. The molecule has 1 aliphatic rings. The molecule has 5 rings (SSSR count). The van der Waals surface area contributed by atoms with Crippen LogP contribution >= 0.6 is 0 Å². The van der Waals surface area contributed by atoms with E-state index in [-0.39, 0.29) is 5.92 Å². The van der Waals surface area contributed by atoms with Gasteiger partial charge in [0, 0.05) is 36.3 Å². The zero-order valence-corrected chi connectivity index (χ0v) is 22.9. The number of rotatable bonds is 9. The fourth-order valence-corrected chi connectivity index (χ4v) is 5.22. The lowest BCUT2D eigenvalue weighted by Crippen LogP contribution is -2.38. The van der Waals surface area contributed by atoms with Gasteiger partial charge in [0.2, 0.25) is 11.8 Å². The van der Waals surface area contributed by atoms with Crippen LogP contribution in [0.15, 0.2) is 60.9 Å². The Morgan fingerprint density at radius 3 is 2.77 bits per heavy atom. The molecule has 2 aromatic carbocycles. The van der Waals surface area contributed by atoms with Crippen molar-refractivity contribution in [1.29, 1.82) is 5.26 Å². The normalized spacial score (nSPS) is 16.1. The number of anilines is 1. The van der Waals surface area contributed by atoms with Gasteiger partial charge < -0.3 is 15.4 Å². The third-order valence-electron chi connectivity index (χ3n) is 7.53. The first-order valence-electron chi connectivity index (χ1n) is 13.9. The molecule has 0 saturated carbocycles. The minimum atomic E-state index is 0.0409. The lowest BCUT2D eigenvalue weighted by molar-refractivity contribution is 0.447. The van der Waals surface area contributed by atoms with Gasteiger partial charge in [0.15, 0.2) is 0 Å². The van der Waals surface area contributed by atoms with Crippen LogP contribution in [0.2, 0.25) is 0 Å². The molecule has 0 spiro atoms. The van der Waals surface area contributed by atoms with Crippen LogP contribution in [-0.4, -0.2) is 34.1 Å². The van der Waals surface area contributed by atoms with Gasteiger partial charge in [0.25, 0.3) is 0 Å². The fraction of sp³-hybridized carbons (Fsp3) is 0.375. The Morgan fingerprint density at radius 2 is 1.97 bits per heavy atom. The lowest BCUT2D eigenvalue weighted by atomic mass is 9.89. The Hall–Kier alpha value is -4.02. The summed E-state index contributed by atoms with van der Waals surface area (Å²) in [6, 6.07) is 19.1. The summed E-state index contributed by atoms with van der Waals surface area (Å²) in [5.74, 6) is 2.28. The summed E-state index contributed by atoms with van der Waals surface area (Å²) in [5.41, 5.74) is 3.83. The van der Waals surface area contributed by atoms with Gasteiger partial charge in [0.1, 0.15) is 5.75 Å². The standard InChI is InChI=1S/C32H36N6O/c1-21(2)24(19-33)13-12-23-7-4-9-27-26(23)14-11-22(3)30(27)39-31-28(10-6-17-35-31)29-15-18-36-32(38-29)37-25-8-5-16-34-20-25/h4,6-7,9-11,14-15,17-18,21,24-25,34H,5,8,12-13,16,20H2,1-3H3,(H,36,37,38)/t24?,25-/m0/s1. The van der Waals surface area contributed by atoms with Crippen LogP contribution in [0.3, 0.4) is 0 Å². The molecule has 1 fully saturated rings. The minimum absolute atomic E-state index is 0.0409. The molecule has 1 saturated heterocycles. The number of hydrogen-bond acceptors (Lipinski definition) is 7. The van der Waals surface area contributed by atoms with Crippen molar-refractivity contribution in [2.45, 2.75) is 52.5 Å². The van der Waals surface area contributed by atoms with Gasteiger partial charge in [-0.2, -0.15) is 5.26 Å². The minimum Gasteiger partial charge on any atom is -0.437 e. The highest BCUT2D eigenvalue weighted by molar-refractivity contribution is 5.92. The van der Waals surface area contributed by atoms with Crippen molar-refractivity contribution in [3.63, 3.8) is 0 Å². The average Bonchev–Trinajstić information content (AvgIpc) is 2.95. The molecule has 2 N–H and O–H groups in total. The summed E-state index contributed by atoms with van der Waals surface area (Å²) in [6.07, 6.45) is 7.44. The van der Waals surface area contributed by atoms with E-state index in [9.17, 15) is 5.26 Å². The predicted octanol–water partition coefficient (Wildman–Crippen LogP) is 6.68. The number of aryl methyl sites for hydroxylation is 2. The third kappa shape index (κ3) is 6.18. The number of benzene rings is 2. The lowest BCUT2D eigenvalue weighted by Gasteiger charge is -2.23. The van der Waals surface area contributed by atoms with Crippen LogP contribution in [0.25, 0.3) is 22.0 Å². The SMILES string of the molecule is Cc1ccc2c(CCC(C#N)C(C)C)cccc2c1Oc1ncccc1-c1ccnc(N[C@H]2CCCNC2)n1. The number of piperidine rings is 1. The van der Waals surface area contributed by atoms with E-state index in [1.165, 1.54) is 5.56 Å². The number of aromatic nitrogens is 3. The zero-order valence-electron chi connectivity index (χ0n) is 22.9. The Bertz CT molecular complexity index is 1470. The van der Waals surface area contributed by atoms with Gasteiger partial charge in [-0.3, -0.25) is 0 Å². The summed E-state index contributed by atoms with van der Waals surface area (Å²) in [6.45, 7) is 8.25. The topological polar surface area (TPSA) is 95.8 Å². The number of nitriles is 1. The van der Waals surface area contributed by atoms with Gasteiger partial charge in [0.05, 0.1) is 17.3 Å². The summed E-state index contributed by atoms with van der Waals surface area (Å²) in [4.78, 5) is 13.9. The number of pyridine rings is 1. The summed E-state index contributed by atoms with van der Waals surface area (Å²) < 4.78 is 6.58. The van der Waals surface area contributed by atoms with Crippen molar-refractivity contribution in [2.75, 3.05) is 18.4 Å². The van der Waals surface area contributed by atoms with Crippen LogP contribution in [0.4, 0.5) is 5.95 Å². The molecule has 39 heavy (non-hydrogen) atoms. The molecule has 7 nitrogen and oxygen atoms in total. The molecule has 2 atom stereocenters. The molecule has 4 aromatic rings. The maximum Gasteiger partial charge on any atom is 0.228 e. The van der Waals surface area contributed by atoms with Crippen molar-refractivity contribution in [3.8, 4) is 29.0 Å². The smallest absolute Gasteiger partial charge is 0.228 e. The summed E-state index contributed by atoms with van der Waals surface area (Å²) >= 11 is 0. The zero-order chi connectivity index (χ0) is 27.2. The van der Waals surface area contributed by atoms with E-state index < -0.39 is 0 Å². The van der Waals surface area contributed by atoms with Crippen molar-refractivity contribution in [3.05, 3.63) is 72.1 Å². The number of fused-ring (bicyclic) bond motifs is 1. The monoisotopic (exact) mass is 520 g/mol. The molecule has 0 radical (unpaired) electrons. The predicted molar refractivity (Wildman–Crippen MR) is 156 cm³/mol. The first-order chi connectivity index (χ1) is 19.0. The van der Waals surface area contributed by atoms with Crippen molar-refractivity contribution in [2.24, 2.45) is 11.8 Å². The third-order valence-corrected chi connectivity index (χ3v) is 7.53.